The third kappa shape index (κ3) is 5.02. The molecule has 1 aliphatic heterocycles. The van der Waals surface area contributed by atoms with Crippen LogP contribution in [-0.2, 0) is 6.54 Å². The minimum absolute atomic E-state index is 0.0309. The summed E-state index contributed by atoms with van der Waals surface area (Å²) in [6.45, 7) is 4.62. The SMILES string of the molecule is Cc1cc(C(=O)O)nc(NCCC2CCCCN2Cc2ccccc2)n1. The Labute approximate surface area is 154 Å². The highest BCUT2D eigenvalue weighted by Gasteiger charge is 2.22. The molecule has 1 aromatic heterocycles. The van der Waals surface area contributed by atoms with Crippen LogP contribution in [0.5, 0.6) is 0 Å². The predicted molar refractivity (Wildman–Crippen MR) is 101 cm³/mol. The first-order valence-corrected chi connectivity index (χ1v) is 9.22. The Morgan fingerprint density at radius 2 is 2.08 bits per heavy atom. The Bertz CT molecular complexity index is 736. The molecule has 1 aliphatic rings. The zero-order chi connectivity index (χ0) is 18.4. The third-order valence-electron chi connectivity index (χ3n) is 4.81. The molecule has 138 valence electrons. The summed E-state index contributed by atoms with van der Waals surface area (Å²) in [4.78, 5) is 22.0. The molecule has 2 aromatic rings. The fraction of sp³-hybridized carbons (Fsp3) is 0.450. The second-order valence-electron chi connectivity index (χ2n) is 6.84. The van der Waals surface area contributed by atoms with Gasteiger partial charge in [-0.25, -0.2) is 14.8 Å². The van der Waals surface area contributed by atoms with Crippen molar-refractivity contribution in [3.8, 4) is 0 Å². The zero-order valence-electron chi connectivity index (χ0n) is 15.2. The van der Waals surface area contributed by atoms with Crippen molar-refractivity contribution in [1.29, 1.82) is 0 Å². The highest BCUT2D eigenvalue weighted by atomic mass is 16.4. The third-order valence-corrected chi connectivity index (χ3v) is 4.81. The lowest BCUT2D eigenvalue weighted by atomic mass is 9.98. The van der Waals surface area contributed by atoms with Crippen molar-refractivity contribution in [3.63, 3.8) is 0 Å². The van der Waals surface area contributed by atoms with Crippen LogP contribution in [0, 0.1) is 6.92 Å². The van der Waals surface area contributed by atoms with E-state index in [2.05, 4.69) is 44.5 Å². The van der Waals surface area contributed by atoms with E-state index in [1.807, 2.05) is 6.07 Å². The van der Waals surface area contributed by atoms with Gasteiger partial charge in [-0.05, 0) is 44.4 Å². The molecule has 26 heavy (non-hydrogen) atoms. The molecule has 1 unspecified atom stereocenters. The summed E-state index contributed by atoms with van der Waals surface area (Å²) in [5, 5.41) is 12.3. The van der Waals surface area contributed by atoms with Crippen LogP contribution in [0.15, 0.2) is 36.4 Å². The first-order valence-electron chi connectivity index (χ1n) is 9.22. The lowest BCUT2D eigenvalue weighted by Crippen LogP contribution is -2.40. The van der Waals surface area contributed by atoms with E-state index in [1.54, 1.807) is 6.92 Å². The van der Waals surface area contributed by atoms with E-state index >= 15 is 0 Å². The number of aromatic nitrogens is 2. The second kappa shape index (κ2) is 8.76. The highest BCUT2D eigenvalue weighted by Crippen LogP contribution is 2.22. The van der Waals surface area contributed by atoms with Gasteiger partial charge in [0, 0.05) is 24.8 Å². The maximum atomic E-state index is 11.1. The molecule has 1 saturated heterocycles. The molecule has 0 radical (unpaired) electrons. The topological polar surface area (TPSA) is 78.3 Å². The number of carbonyl (C=O) groups is 1. The first-order chi connectivity index (χ1) is 12.6. The molecule has 1 atom stereocenters. The summed E-state index contributed by atoms with van der Waals surface area (Å²) >= 11 is 0. The van der Waals surface area contributed by atoms with Crippen LogP contribution in [0.3, 0.4) is 0 Å². The van der Waals surface area contributed by atoms with Crippen molar-refractivity contribution in [1.82, 2.24) is 14.9 Å². The molecule has 1 fully saturated rings. The van der Waals surface area contributed by atoms with Gasteiger partial charge in [-0.1, -0.05) is 36.8 Å². The molecular formula is C20H26N4O2. The molecule has 2 heterocycles. The number of hydrogen-bond acceptors (Lipinski definition) is 5. The van der Waals surface area contributed by atoms with Crippen molar-refractivity contribution < 1.29 is 9.90 Å². The van der Waals surface area contributed by atoms with Gasteiger partial charge in [0.05, 0.1) is 0 Å². The molecule has 0 bridgehead atoms. The van der Waals surface area contributed by atoms with Gasteiger partial charge >= 0.3 is 5.97 Å². The van der Waals surface area contributed by atoms with Gasteiger partial charge in [0.15, 0.2) is 5.69 Å². The number of rotatable bonds is 7. The van der Waals surface area contributed by atoms with Crippen molar-refractivity contribution in [2.75, 3.05) is 18.4 Å². The van der Waals surface area contributed by atoms with Gasteiger partial charge in [-0.15, -0.1) is 0 Å². The largest absolute Gasteiger partial charge is 0.477 e. The summed E-state index contributed by atoms with van der Waals surface area (Å²) in [6, 6.07) is 12.6. The van der Waals surface area contributed by atoms with Crippen molar-refractivity contribution in [2.24, 2.45) is 0 Å². The molecule has 6 nitrogen and oxygen atoms in total. The van der Waals surface area contributed by atoms with Crippen LogP contribution >= 0.6 is 0 Å². The molecule has 2 N–H and O–H groups in total. The molecule has 6 heteroatoms. The fourth-order valence-corrected chi connectivity index (χ4v) is 3.52. The number of nitrogens with one attached hydrogen (secondary N) is 1. The maximum Gasteiger partial charge on any atom is 0.354 e. The number of piperidine rings is 1. The lowest BCUT2D eigenvalue weighted by molar-refractivity contribution is 0.0690. The fourth-order valence-electron chi connectivity index (χ4n) is 3.52. The number of carboxylic acids is 1. The van der Waals surface area contributed by atoms with Gasteiger partial charge in [0.2, 0.25) is 5.95 Å². The van der Waals surface area contributed by atoms with Crippen LogP contribution < -0.4 is 5.32 Å². The summed E-state index contributed by atoms with van der Waals surface area (Å²) in [5.41, 5.74) is 2.03. The van der Waals surface area contributed by atoms with E-state index in [1.165, 1.54) is 30.9 Å². The van der Waals surface area contributed by atoms with Crippen molar-refractivity contribution >= 4 is 11.9 Å². The van der Waals surface area contributed by atoms with E-state index in [0.29, 0.717) is 17.7 Å². The molecule has 1 aromatic carbocycles. The number of hydrogen-bond donors (Lipinski definition) is 2. The summed E-state index contributed by atoms with van der Waals surface area (Å²) in [6.07, 6.45) is 4.70. The maximum absolute atomic E-state index is 11.1. The van der Waals surface area contributed by atoms with Gasteiger partial charge < -0.3 is 10.4 Å². The molecular weight excluding hydrogens is 328 g/mol. The smallest absolute Gasteiger partial charge is 0.354 e. The van der Waals surface area contributed by atoms with Gasteiger partial charge in [0.1, 0.15) is 0 Å². The van der Waals surface area contributed by atoms with Crippen LogP contribution in [0.4, 0.5) is 5.95 Å². The monoisotopic (exact) mass is 354 g/mol. The van der Waals surface area contributed by atoms with E-state index in [9.17, 15) is 4.79 Å². The summed E-state index contributed by atoms with van der Waals surface area (Å²) in [7, 11) is 0. The molecule has 0 spiro atoms. The van der Waals surface area contributed by atoms with Crippen LogP contribution in [-0.4, -0.2) is 45.1 Å². The highest BCUT2D eigenvalue weighted by molar-refractivity contribution is 5.85. The number of aryl methyl sites for hydroxylation is 1. The quantitative estimate of drug-likeness (QED) is 0.794. The van der Waals surface area contributed by atoms with E-state index in [0.717, 1.165) is 26.1 Å². The first kappa shape index (κ1) is 18.3. The Morgan fingerprint density at radius 3 is 2.85 bits per heavy atom. The average Bonchev–Trinajstić information content (AvgIpc) is 2.63. The van der Waals surface area contributed by atoms with Crippen molar-refractivity contribution in [2.45, 2.75) is 45.2 Å². The minimum Gasteiger partial charge on any atom is -0.477 e. The lowest BCUT2D eigenvalue weighted by Gasteiger charge is -2.36. The number of likely N-dealkylation sites (tertiary alicyclic amines) is 1. The number of carboxylic acid groups (broad SMARTS) is 1. The number of nitrogens with zero attached hydrogens (tertiary/aromatic N) is 3. The Balaban J connectivity index is 1.56. The normalized spacial score (nSPS) is 17.8. The Morgan fingerprint density at radius 1 is 1.27 bits per heavy atom. The molecule has 0 amide bonds. The molecule has 3 rings (SSSR count). The van der Waals surface area contributed by atoms with Crippen molar-refractivity contribution in [3.05, 3.63) is 53.3 Å². The van der Waals surface area contributed by atoms with Gasteiger partial charge in [0.25, 0.3) is 0 Å². The summed E-state index contributed by atoms with van der Waals surface area (Å²) < 4.78 is 0. The van der Waals surface area contributed by atoms with E-state index in [4.69, 9.17) is 5.11 Å². The van der Waals surface area contributed by atoms with Crippen LogP contribution in [0.25, 0.3) is 0 Å². The Hall–Kier alpha value is -2.47. The second-order valence-corrected chi connectivity index (χ2v) is 6.84. The molecule has 0 saturated carbocycles. The van der Waals surface area contributed by atoms with Crippen LogP contribution in [0.1, 0.15) is 47.4 Å². The molecule has 0 aliphatic carbocycles. The van der Waals surface area contributed by atoms with Gasteiger partial charge in [-0.3, -0.25) is 4.90 Å². The number of benzene rings is 1. The zero-order valence-corrected chi connectivity index (χ0v) is 15.2. The summed E-state index contributed by atoms with van der Waals surface area (Å²) in [5.74, 6) is -0.632. The average molecular weight is 354 g/mol. The van der Waals surface area contributed by atoms with E-state index < -0.39 is 5.97 Å². The minimum atomic E-state index is -1.03. The standard InChI is InChI=1S/C20H26N4O2/c1-15-13-18(19(25)26)23-20(22-15)21-11-10-17-9-5-6-12-24(17)14-16-7-3-2-4-8-16/h2-4,7-8,13,17H,5-6,9-12,14H2,1H3,(H,25,26)(H,21,22,23). The number of aromatic carboxylic acids is 1. The Kier molecular flexibility index (Phi) is 6.17. The van der Waals surface area contributed by atoms with E-state index in [-0.39, 0.29) is 5.69 Å². The van der Waals surface area contributed by atoms with Crippen LogP contribution in [0.2, 0.25) is 0 Å². The predicted octanol–water partition coefficient (Wildman–Crippen LogP) is 3.34. The van der Waals surface area contributed by atoms with Gasteiger partial charge in [-0.2, -0.15) is 0 Å². The number of anilines is 1.